The van der Waals surface area contributed by atoms with Gasteiger partial charge in [0.2, 0.25) is 5.91 Å². The van der Waals surface area contributed by atoms with Crippen molar-refractivity contribution in [3.8, 4) is 0 Å². The number of ether oxygens (including phenoxy) is 1. The third-order valence-electron chi connectivity index (χ3n) is 6.13. The Bertz CT molecular complexity index is 1040. The van der Waals surface area contributed by atoms with Crippen LogP contribution < -0.4 is 10.2 Å². The lowest BCUT2D eigenvalue weighted by Crippen LogP contribution is -2.48. The lowest BCUT2D eigenvalue weighted by Gasteiger charge is -2.31. The molecule has 0 aromatic heterocycles. The van der Waals surface area contributed by atoms with Crippen molar-refractivity contribution in [1.29, 1.82) is 0 Å². The molecule has 0 bridgehead atoms. The monoisotopic (exact) mass is 509 g/mol. The summed E-state index contributed by atoms with van der Waals surface area (Å²) in [6.07, 6.45) is -0.409. The number of anilines is 1. The van der Waals surface area contributed by atoms with Crippen LogP contribution in [0.15, 0.2) is 54.6 Å². The molecule has 1 N–H and O–H groups in total. The van der Waals surface area contributed by atoms with Crippen molar-refractivity contribution in [3.63, 3.8) is 0 Å². The number of carbonyl (C=O) groups excluding carboxylic acids is 3. The molecule has 3 rings (SSSR count). The number of fused-ring (bicyclic) bond motifs is 1. The number of hydrogen-bond acceptors (Lipinski definition) is 6. The van der Waals surface area contributed by atoms with Crippen LogP contribution in [0.5, 0.6) is 0 Å². The molecule has 3 amide bonds. The van der Waals surface area contributed by atoms with Crippen molar-refractivity contribution in [2.75, 3.05) is 44.7 Å². The van der Waals surface area contributed by atoms with Crippen molar-refractivity contribution < 1.29 is 19.1 Å². The van der Waals surface area contributed by atoms with E-state index >= 15 is 0 Å². The minimum Gasteiger partial charge on any atom is -0.444 e. The van der Waals surface area contributed by atoms with Crippen LogP contribution >= 0.6 is 0 Å². The number of nitrogens with one attached hydrogen (secondary N) is 1. The highest BCUT2D eigenvalue weighted by Crippen LogP contribution is 2.23. The molecule has 0 unspecified atom stereocenters. The number of rotatable bonds is 10. The molecule has 0 saturated heterocycles. The van der Waals surface area contributed by atoms with E-state index in [0.29, 0.717) is 26.2 Å². The number of amides is 3. The quantitative estimate of drug-likeness (QED) is 0.529. The molecule has 0 radical (unpaired) electrons. The predicted molar refractivity (Wildman–Crippen MR) is 144 cm³/mol. The van der Waals surface area contributed by atoms with E-state index in [9.17, 15) is 14.4 Å². The topological polar surface area (TPSA) is 85.4 Å². The predicted octanol–water partition coefficient (Wildman–Crippen LogP) is 3.26. The van der Waals surface area contributed by atoms with E-state index in [0.717, 1.165) is 5.69 Å². The zero-order chi connectivity index (χ0) is 27.0. The first-order valence-electron chi connectivity index (χ1n) is 12.7. The van der Waals surface area contributed by atoms with Crippen LogP contribution in [0.25, 0.3) is 0 Å². The van der Waals surface area contributed by atoms with Crippen LogP contribution in [0.3, 0.4) is 0 Å². The van der Waals surface area contributed by atoms with Gasteiger partial charge in [-0.2, -0.15) is 0 Å². The summed E-state index contributed by atoms with van der Waals surface area (Å²) in [5.74, 6) is -0.334. The Balaban J connectivity index is 1.56. The van der Waals surface area contributed by atoms with Gasteiger partial charge >= 0.3 is 6.09 Å². The van der Waals surface area contributed by atoms with Gasteiger partial charge in [-0.1, -0.05) is 42.5 Å². The fourth-order valence-corrected chi connectivity index (χ4v) is 4.09. The first-order chi connectivity index (χ1) is 17.6. The summed E-state index contributed by atoms with van der Waals surface area (Å²) < 4.78 is 5.42. The maximum Gasteiger partial charge on any atom is 0.410 e. The third-order valence-corrected chi connectivity index (χ3v) is 6.13. The first-order valence-corrected chi connectivity index (χ1v) is 12.7. The molecule has 1 aliphatic rings. The maximum atomic E-state index is 13.2. The van der Waals surface area contributed by atoms with Crippen molar-refractivity contribution >= 4 is 23.6 Å². The van der Waals surface area contributed by atoms with Gasteiger partial charge in [0.15, 0.2) is 0 Å². The Morgan fingerprint density at radius 2 is 1.54 bits per heavy atom. The largest absolute Gasteiger partial charge is 0.444 e. The van der Waals surface area contributed by atoms with Gasteiger partial charge in [-0.25, -0.2) is 9.80 Å². The van der Waals surface area contributed by atoms with E-state index in [4.69, 9.17) is 4.74 Å². The molecular formula is C28H39N5O4. The Morgan fingerprint density at radius 1 is 0.946 bits per heavy atom. The number of benzene rings is 2. The van der Waals surface area contributed by atoms with Crippen LogP contribution in [-0.2, 0) is 27.4 Å². The second kappa shape index (κ2) is 12.6. The molecule has 200 valence electrons. The zero-order valence-corrected chi connectivity index (χ0v) is 22.6. The summed E-state index contributed by atoms with van der Waals surface area (Å²) in [6, 6.07) is 17.6. The lowest BCUT2D eigenvalue weighted by molar-refractivity contribution is -0.145. The average molecular weight is 510 g/mol. The second-order valence-electron chi connectivity index (χ2n) is 10.1. The lowest BCUT2D eigenvalue weighted by atomic mass is 10.1. The molecule has 0 atom stereocenters. The molecule has 0 saturated carbocycles. The molecule has 37 heavy (non-hydrogen) atoms. The van der Waals surface area contributed by atoms with E-state index in [1.807, 2.05) is 75.2 Å². The number of carbonyl (C=O) groups is 3. The number of nitrogens with zero attached hydrogens (tertiary/aromatic N) is 4. The number of likely N-dealkylation sites (N-methyl/N-ethyl adjacent to an activating group) is 2. The molecular weight excluding hydrogens is 470 g/mol. The van der Waals surface area contributed by atoms with Gasteiger partial charge in [0.25, 0.3) is 5.91 Å². The Morgan fingerprint density at radius 3 is 2.11 bits per heavy atom. The molecule has 0 aliphatic carbocycles. The number of para-hydroxylation sites is 1. The summed E-state index contributed by atoms with van der Waals surface area (Å²) in [5.41, 5.74) is 2.64. The molecule has 0 spiro atoms. The van der Waals surface area contributed by atoms with Crippen molar-refractivity contribution in [3.05, 3.63) is 65.7 Å². The van der Waals surface area contributed by atoms with Crippen LogP contribution in [-0.4, -0.2) is 78.2 Å². The van der Waals surface area contributed by atoms with Crippen LogP contribution in [0.1, 0.15) is 38.8 Å². The molecule has 9 heteroatoms. The van der Waals surface area contributed by atoms with Crippen molar-refractivity contribution in [1.82, 2.24) is 20.2 Å². The fraction of sp³-hybridized carbons (Fsp3) is 0.464. The molecule has 1 aliphatic heterocycles. The zero-order valence-electron chi connectivity index (χ0n) is 22.6. The van der Waals surface area contributed by atoms with E-state index < -0.39 is 11.7 Å². The van der Waals surface area contributed by atoms with E-state index in [1.54, 1.807) is 21.9 Å². The summed E-state index contributed by atoms with van der Waals surface area (Å²) >= 11 is 0. The van der Waals surface area contributed by atoms with Gasteiger partial charge in [0, 0.05) is 45.5 Å². The van der Waals surface area contributed by atoms with E-state index in [2.05, 4.69) is 17.4 Å². The van der Waals surface area contributed by atoms with Crippen molar-refractivity contribution in [2.24, 2.45) is 0 Å². The molecule has 0 fully saturated rings. The number of hydrazine groups is 1. The van der Waals surface area contributed by atoms with Crippen LogP contribution in [0, 0.1) is 0 Å². The average Bonchev–Trinajstić information content (AvgIpc) is 3.29. The number of hydrogen-bond donors (Lipinski definition) is 1. The minimum atomic E-state index is -0.582. The summed E-state index contributed by atoms with van der Waals surface area (Å²) in [6.45, 7) is 9.84. The Labute approximate surface area is 219 Å². The Hall–Kier alpha value is -3.59. The highest BCUT2D eigenvalue weighted by Gasteiger charge is 2.27. The Kier molecular flexibility index (Phi) is 9.52. The van der Waals surface area contributed by atoms with Gasteiger partial charge < -0.3 is 19.9 Å². The standard InChI is InChI=1S/C28H39N5O4/c1-6-31(27(36)37-28(2,3)4)17-16-29-25(34)20-32(24-14-8-7-9-15-24)21-26(35)30(5)33-18-22-12-10-11-13-23(22)19-33/h7-15H,6,16-21H2,1-5H3,(H,29,34). The van der Waals surface area contributed by atoms with Crippen LogP contribution in [0.2, 0.25) is 0 Å². The molecule has 2 aromatic carbocycles. The van der Waals surface area contributed by atoms with Gasteiger partial charge in [0.05, 0.1) is 13.1 Å². The molecule has 1 heterocycles. The highest BCUT2D eigenvalue weighted by molar-refractivity contribution is 5.86. The maximum absolute atomic E-state index is 13.2. The van der Waals surface area contributed by atoms with E-state index in [1.165, 1.54) is 11.1 Å². The summed E-state index contributed by atoms with van der Waals surface area (Å²) in [4.78, 5) is 41.7. The highest BCUT2D eigenvalue weighted by atomic mass is 16.6. The SMILES string of the molecule is CCN(CCNC(=O)CN(CC(=O)N(C)N1Cc2ccccc2C1)c1ccccc1)C(=O)OC(C)(C)C. The van der Waals surface area contributed by atoms with Crippen LogP contribution in [0.4, 0.5) is 10.5 Å². The second-order valence-corrected chi connectivity index (χ2v) is 10.1. The minimum absolute atomic E-state index is 0.0163. The van der Waals surface area contributed by atoms with Crippen molar-refractivity contribution in [2.45, 2.75) is 46.4 Å². The molecule has 2 aromatic rings. The van der Waals surface area contributed by atoms with Gasteiger partial charge in [-0.3, -0.25) is 14.6 Å². The first kappa shape index (κ1) is 28.0. The summed E-state index contributed by atoms with van der Waals surface area (Å²) in [7, 11) is 1.77. The van der Waals surface area contributed by atoms with Gasteiger partial charge in [0.1, 0.15) is 5.60 Å². The van der Waals surface area contributed by atoms with Gasteiger partial charge in [-0.05, 0) is 51.0 Å². The smallest absolute Gasteiger partial charge is 0.410 e. The summed E-state index contributed by atoms with van der Waals surface area (Å²) in [5, 5.41) is 6.52. The van der Waals surface area contributed by atoms with E-state index in [-0.39, 0.29) is 31.4 Å². The fourth-order valence-electron chi connectivity index (χ4n) is 4.09. The third kappa shape index (κ3) is 8.21. The normalized spacial score (nSPS) is 13.0. The molecule has 9 nitrogen and oxygen atoms in total. The van der Waals surface area contributed by atoms with Gasteiger partial charge in [-0.15, -0.1) is 0 Å².